The van der Waals surface area contributed by atoms with Crippen LogP contribution in [0.15, 0.2) is 71.9 Å². The summed E-state index contributed by atoms with van der Waals surface area (Å²) in [4.78, 5) is 8.43. The lowest BCUT2D eigenvalue weighted by atomic mass is 10.1. The van der Waals surface area contributed by atoms with Crippen molar-refractivity contribution in [3.8, 4) is 5.75 Å². The Bertz CT molecular complexity index is 1150. The summed E-state index contributed by atoms with van der Waals surface area (Å²) in [6, 6.07) is 13.3. The molecule has 4 rings (SSSR count). The fourth-order valence-corrected chi connectivity index (χ4v) is 3.35. The molecular formula is C26H26FN3O2. The van der Waals surface area contributed by atoms with Crippen molar-refractivity contribution >= 4 is 12.2 Å². The molecule has 0 atom stereocenters. The first kappa shape index (κ1) is 21.6. The van der Waals surface area contributed by atoms with Crippen molar-refractivity contribution in [2.24, 2.45) is 0 Å². The fraction of sp³-hybridized carbons (Fsp3) is 0.231. The number of aryl methyl sites for hydroxylation is 3. The Labute approximate surface area is 187 Å². The first-order valence-corrected chi connectivity index (χ1v) is 10.7. The van der Waals surface area contributed by atoms with Gasteiger partial charge < -0.3 is 13.7 Å². The van der Waals surface area contributed by atoms with Gasteiger partial charge in [-0.05, 0) is 61.6 Å². The zero-order valence-electron chi connectivity index (χ0n) is 18.1. The van der Waals surface area contributed by atoms with Crippen molar-refractivity contribution in [1.82, 2.24) is 14.5 Å². The Hall–Kier alpha value is -3.67. The summed E-state index contributed by atoms with van der Waals surface area (Å²) in [6.45, 7) is 3.16. The lowest BCUT2D eigenvalue weighted by molar-refractivity contribution is 0.301. The van der Waals surface area contributed by atoms with Gasteiger partial charge in [-0.25, -0.2) is 14.4 Å². The standard InChI is InChI=1S/C26H26FN3O2/c1-20-5-8-22(25(27)16-20)9-12-26-29-23(18-32-26)17-31-24-10-6-21(7-11-24)4-2-3-14-30-15-13-28-19-30/h5-13,15-16,18-19H,2-4,14,17H2,1H3/b12-9+. The summed E-state index contributed by atoms with van der Waals surface area (Å²) in [7, 11) is 0. The number of imidazole rings is 1. The summed E-state index contributed by atoms with van der Waals surface area (Å²) < 4.78 is 27.3. The van der Waals surface area contributed by atoms with E-state index in [-0.39, 0.29) is 5.82 Å². The lowest BCUT2D eigenvalue weighted by Crippen LogP contribution is -1.97. The van der Waals surface area contributed by atoms with E-state index >= 15 is 0 Å². The largest absolute Gasteiger partial charge is 0.487 e. The number of halogens is 1. The Morgan fingerprint density at radius 1 is 1.09 bits per heavy atom. The molecule has 0 saturated heterocycles. The Morgan fingerprint density at radius 2 is 1.97 bits per heavy atom. The molecule has 0 radical (unpaired) electrons. The molecule has 2 aromatic heterocycles. The van der Waals surface area contributed by atoms with E-state index < -0.39 is 0 Å². The third kappa shape index (κ3) is 6.17. The van der Waals surface area contributed by atoms with Gasteiger partial charge in [-0.1, -0.05) is 24.3 Å². The molecule has 0 bridgehead atoms. The van der Waals surface area contributed by atoms with Gasteiger partial charge in [0.2, 0.25) is 5.89 Å². The van der Waals surface area contributed by atoms with Crippen LogP contribution < -0.4 is 4.74 Å². The van der Waals surface area contributed by atoms with E-state index in [0.717, 1.165) is 37.1 Å². The first-order valence-electron chi connectivity index (χ1n) is 10.7. The molecule has 0 unspecified atom stereocenters. The van der Waals surface area contributed by atoms with Gasteiger partial charge in [0, 0.05) is 30.6 Å². The fourth-order valence-electron chi connectivity index (χ4n) is 3.35. The van der Waals surface area contributed by atoms with Crippen molar-refractivity contribution in [3.05, 3.63) is 102 Å². The third-order valence-corrected chi connectivity index (χ3v) is 5.13. The zero-order valence-corrected chi connectivity index (χ0v) is 18.1. The molecule has 6 heteroatoms. The number of aromatic nitrogens is 3. The quantitative estimate of drug-likeness (QED) is 0.285. The highest BCUT2D eigenvalue weighted by Crippen LogP contribution is 2.17. The molecule has 4 aromatic rings. The topological polar surface area (TPSA) is 53.1 Å². The maximum atomic E-state index is 13.9. The maximum Gasteiger partial charge on any atom is 0.218 e. The average Bonchev–Trinajstić information content (AvgIpc) is 3.48. The van der Waals surface area contributed by atoms with Gasteiger partial charge in [-0.15, -0.1) is 0 Å². The van der Waals surface area contributed by atoms with Crippen LogP contribution >= 0.6 is 0 Å². The molecule has 0 aliphatic carbocycles. The molecule has 5 nitrogen and oxygen atoms in total. The molecule has 0 spiro atoms. The summed E-state index contributed by atoms with van der Waals surface area (Å²) in [5.41, 5.74) is 3.35. The van der Waals surface area contributed by atoms with Gasteiger partial charge in [0.1, 0.15) is 30.1 Å². The van der Waals surface area contributed by atoms with Crippen molar-refractivity contribution in [2.45, 2.75) is 39.3 Å². The molecule has 0 aliphatic rings. The van der Waals surface area contributed by atoms with Crippen molar-refractivity contribution in [1.29, 1.82) is 0 Å². The number of oxazole rings is 1. The number of unbranched alkanes of at least 4 members (excludes halogenated alkanes) is 1. The average molecular weight is 432 g/mol. The second-order valence-corrected chi connectivity index (χ2v) is 7.73. The monoisotopic (exact) mass is 431 g/mol. The SMILES string of the molecule is Cc1ccc(/C=C/c2nc(COc3ccc(CCCCn4ccnc4)cc3)co2)c(F)c1. The molecule has 2 aromatic carbocycles. The summed E-state index contributed by atoms with van der Waals surface area (Å²) in [5.74, 6) is 0.932. The normalized spacial score (nSPS) is 11.3. The molecule has 0 N–H and O–H groups in total. The van der Waals surface area contributed by atoms with E-state index in [4.69, 9.17) is 9.15 Å². The van der Waals surface area contributed by atoms with Crippen molar-refractivity contribution in [3.63, 3.8) is 0 Å². The van der Waals surface area contributed by atoms with E-state index in [1.807, 2.05) is 43.8 Å². The van der Waals surface area contributed by atoms with Gasteiger partial charge in [0.15, 0.2) is 0 Å². The molecule has 0 saturated carbocycles. The van der Waals surface area contributed by atoms with E-state index in [0.29, 0.717) is 23.8 Å². The predicted octanol–water partition coefficient (Wildman–Crippen LogP) is 6.09. The third-order valence-electron chi connectivity index (χ3n) is 5.13. The van der Waals surface area contributed by atoms with Crippen molar-refractivity contribution in [2.75, 3.05) is 0 Å². The second kappa shape index (κ2) is 10.6. The summed E-state index contributed by atoms with van der Waals surface area (Å²) >= 11 is 0. The van der Waals surface area contributed by atoms with Gasteiger partial charge in [0.25, 0.3) is 0 Å². The van der Waals surface area contributed by atoms with Crippen LogP contribution in [0.25, 0.3) is 12.2 Å². The number of nitrogens with zero attached hydrogens (tertiary/aromatic N) is 3. The van der Waals surface area contributed by atoms with Crippen LogP contribution in [0, 0.1) is 12.7 Å². The van der Waals surface area contributed by atoms with Gasteiger partial charge >= 0.3 is 0 Å². The predicted molar refractivity (Wildman–Crippen MR) is 123 cm³/mol. The zero-order chi connectivity index (χ0) is 22.2. The van der Waals surface area contributed by atoms with E-state index in [1.165, 1.54) is 11.6 Å². The Balaban J connectivity index is 1.22. The second-order valence-electron chi connectivity index (χ2n) is 7.73. The highest BCUT2D eigenvalue weighted by molar-refractivity contribution is 5.66. The van der Waals surface area contributed by atoms with Crippen LogP contribution in [0.5, 0.6) is 5.75 Å². The Kier molecular flexibility index (Phi) is 7.12. The highest BCUT2D eigenvalue weighted by atomic mass is 19.1. The van der Waals surface area contributed by atoms with E-state index in [9.17, 15) is 4.39 Å². The minimum atomic E-state index is -0.266. The minimum absolute atomic E-state index is 0.266. The van der Waals surface area contributed by atoms with Crippen LogP contribution in [-0.2, 0) is 19.6 Å². The molecule has 2 heterocycles. The van der Waals surface area contributed by atoms with Crippen LogP contribution in [0.4, 0.5) is 4.39 Å². The summed E-state index contributed by atoms with van der Waals surface area (Å²) in [6.07, 6.45) is 13.8. The first-order chi connectivity index (χ1) is 15.7. The van der Waals surface area contributed by atoms with Crippen LogP contribution in [0.1, 0.15) is 41.1 Å². The number of hydrogen-bond donors (Lipinski definition) is 0. The molecule has 0 fully saturated rings. The number of benzene rings is 2. The Morgan fingerprint density at radius 3 is 2.75 bits per heavy atom. The molecule has 164 valence electrons. The molecule has 0 amide bonds. The van der Waals surface area contributed by atoms with E-state index in [2.05, 4.69) is 26.7 Å². The smallest absolute Gasteiger partial charge is 0.218 e. The maximum absolute atomic E-state index is 13.9. The van der Waals surface area contributed by atoms with Crippen molar-refractivity contribution < 1.29 is 13.5 Å². The van der Waals surface area contributed by atoms with E-state index in [1.54, 1.807) is 24.5 Å². The lowest BCUT2D eigenvalue weighted by Gasteiger charge is -2.06. The number of hydrogen-bond acceptors (Lipinski definition) is 4. The highest BCUT2D eigenvalue weighted by Gasteiger charge is 2.04. The number of rotatable bonds is 10. The summed E-state index contributed by atoms with van der Waals surface area (Å²) in [5, 5.41) is 0. The molecular weight excluding hydrogens is 405 g/mol. The molecule has 32 heavy (non-hydrogen) atoms. The minimum Gasteiger partial charge on any atom is -0.487 e. The van der Waals surface area contributed by atoms with Crippen LogP contribution in [0.2, 0.25) is 0 Å². The molecule has 0 aliphatic heterocycles. The van der Waals surface area contributed by atoms with Crippen LogP contribution in [0.3, 0.4) is 0 Å². The van der Waals surface area contributed by atoms with Gasteiger partial charge in [-0.2, -0.15) is 0 Å². The van der Waals surface area contributed by atoms with Gasteiger partial charge in [-0.3, -0.25) is 0 Å². The van der Waals surface area contributed by atoms with Gasteiger partial charge in [0.05, 0.1) is 6.33 Å². The van der Waals surface area contributed by atoms with Crippen LogP contribution in [-0.4, -0.2) is 14.5 Å². The number of ether oxygens (including phenoxy) is 1.